The number of allylic oxidation sites excluding steroid dienone is 1. The van der Waals surface area contributed by atoms with Crippen LogP contribution in [0.3, 0.4) is 0 Å². The molecule has 0 amide bonds. The molecule has 0 spiro atoms. The number of alkyl halides is 3. The van der Waals surface area contributed by atoms with Crippen LogP contribution in [-0.2, 0) is 6.18 Å². The van der Waals surface area contributed by atoms with Crippen molar-refractivity contribution in [2.45, 2.75) is 6.18 Å². The third-order valence-corrected chi connectivity index (χ3v) is 5.99. The summed E-state index contributed by atoms with van der Waals surface area (Å²) in [7, 11) is 0. The van der Waals surface area contributed by atoms with Gasteiger partial charge in [-0.3, -0.25) is 4.79 Å². The molecule has 0 aliphatic rings. The van der Waals surface area contributed by atoms with Crippen molar-refractivity contribution in [1.29, 1.82) is 5.26 Å². The molecule has 0 radical (unpaired) electrons. The van der Waals surface area contributed by atoms with Crippen LogP contribution in [0, 0.1) is 11.3 Å². The first-order valence-corrected chi connectivity index (χ1v) is 10.7. The third kappa shape index (κ3) is 4.75. The molecule has 1 aromatic heterocycles. The Morgan fingerprint density at radius 3 is 2.20 bits per heavy atom. The van der Waals surface area contributed by atoms with Crippen LogP contribution in [-0.4, -0.2) is 12.0 Å². The number of thiophene rings is 1. The number of nitriles is 1. The number of ketones is 1. The number of Topliss-reactive ketones (excluding diaryl/α,β-unsaturated/α-hetero) is 1. The lowest BCUT2D eigenvalue weighted by Crippen LogP contribution is -2.08. The number of carbonyl (C=O) groups excluding carboxylic acids is 1. The van der Waals surface area contributed by atoms with Crippen molar-refractivity contribution in [3.63, 3.8) is 0 Å². The molecule has 0 bridgehead atoms. The molecule has 3 nitrogen and oxygen atoms in total. The van der Waals surface area contributed by atoms with Gasteiger partial charge in [0, 0.05) is 11.3 Å². The highest BCUT2D eigenvalue weighted by atomic mass is 32.2. The van der Waals surface area contributed by atoms with Crippen molar-refractivity contribution in [3.8, 4) is 17.2 Å². The number of benzene rings is 2. The van der Waals surface area contributed by atoms with Gasteiger partial charge in [-0.1, -0.05) is 48.5 Å². The fourth-order valence-electron chi connectivity index (χ4n) is 2.74. The number of halogens is 3. The number of hydrogen-bond donors (Lipinski definition) is 1. The van der Waals surface area contributed by atoms with Gasteiger partial charge in [-0.05, 0) is 30.0 Å². The number of thioether (sulfide) groups is 1. The van der Waals surface area contributed by atoms with E-state index in [0.717, 1.165) is 11.8 Å². The van der Waals surface area contributed by atoms with Gasteiger partial charge in [0.1, 0.15) is 16.5 Å². The fraction of sp³-hybridized carbons (Fsp3) is 0.0909. The zero-order valence-corrected chi connectivity index (χ0v) is 17.3. The van der Waals surface area contributed by atoms with Crippen LogP contribution < -0.4 is 5.32 Å². The Morgan fingerprint density at radius 2 is 1.67 bits per heavy atom. The maximum atomic E-state index is 13.6. The number of rotatable bonds is 6. The molecule has 3 rings (SSSR count). The molecule has 3 aromatic rings. The van der Waals surface area contributed by atoms with Crippen LogP contribution >= 0.6 is 23.1 Å². The maximum absolute atomic E-state index is 13.6. The largest absolute Gasteiger partial charge is 0.426 e. The molecular weight excluding hydrogens is 429 g/mol. The van der Waals surface area contributed by atoms with Crippen LogP contribution in [0.2, 0.25) is 0 Å². The number of nitrogens with zero attached hydrogens (tertiary/aromatic N) is 1. The van der Waals surface area contributed by atoms with E-state index in [9.17, 15) is 23.2 Å². The molecule has 0 aliphatic carbocycles. The quantitative estimate of drug-likeness (QED) is 0.257. The van der Waals surface area contributed by atoms with Gasteiger partial charge in [-0.2, -0.15) is 18.4 Å². The van der Waals surface area contributed by atoms with Gasteiger partial charge < -0.3 is 5.32 Å². The van der Waals surface area contributed by atoms with E-state index in [2.05, 4.69) is 5.32 Å². The van der Waals surface area contributed by atoms with Crippen molar-refractivity contribution >= 4 is 34.6 Å². The number of carbonyl (C=O) groups is 1. The lowest BCUT2D eigenvalue weighted by molar-refractivity contribution is -0.133. The predicted molar refractivity (Wildman–Crippen MR) is 115 cm³/mol. The number of para-hydroxylation sites is 1. The third-order valence-electron chi connectivity index (χ3n) is 4.10. The molecule has 0 aliphatic heterocycles. The standard InChI is InChI=1S/C22H15F3N2OS2/c1-29-21(27-15-10-6-3-7-11-15)17(13-26)19(28)18-12-16(14-8-4-2-5-9-14)20(30-18)22(23,24)25/h2-12,27H,1H3/b21-17-. The van der Waals surface area contributed by atoms with Crippen LogP contribution in [0.1, 0.15) is 14.5 Å². The first-order chi connectivity index (χ1) is 14.3. The molecule has 152 valence electrons. The summed E-state index contributed by atoms with van der Waals surface area (Å²) in [6.45, 7) is 0. The zero-order chi connectivity index (χ0) is 21.7. The Morgan fingerprint density at radius 1 is 1.07 bits per heavy atom. The summed E-state index contributed by atoms with van der Waals surface area (Å²) < 4.78 is 40.8. The normalized spacial score (nSPS) is 12.1. The van der Waals surface area contributed by atoms with E-state index in [1.165, 1.54) is 6.07 Å². The zero-order valence-electron chi connectivity index (χ0n) is 15.7. The van der Waals surface area contributed by atoms with E-state index in [-0.39, 0.29) is 21.0 Å². The molecule has 0 saturated carbocycles. The molecule has 1 heterocycles. The van der Waals surface area contributed by atoms with Gasteiger partial charge in [-0.15, -0.1) is 23.1 Å². The van der Waals surface area contributed by atoms with E-state index in [1.54, 1.807) is 60.9 Å². The van der Waals surface area contributed by atoms with Crippen LogP contribution in [0.15, 0.2) is 77.3 Å². The summed E-state index contributed by atoms with van der Waals surface area (Å²) in [5.41, 5.74) is 0.709. The molecule has 2 aromatic carbocycles. The smallest absolute Gasteiger partial charge is 0.349 e. The van der Waals surface area contributed by atoms with Crippen molar-refractivity contribution in [1.82, 2.24) is 0 Å². The van der Waals surface area contributed by atoms with Gasteiger partial charge in [0.25, 0.3) is 0 Å². The van der Waals surface area contributed by atoms with Crippen molar-refractivity contribution in [2.75, 3.05) is 11.6 Å². The molecule has 0 atom stereocenters. The van der Waals surface area contributed by atoms with E-state index >= 15 is 0 Å². The average molecular weight is 445 g/mol. The molecule has 0 saturated heterocycles. The molecular formula is C22H15F3N2OS2. The minimum Gasteiger partial charge on any atom is -0.349 e. The molecule has 0 fully saturated rings. The SMILES string of the molecule is CS/C(Nc1ccccc1)=C(/C#N)C(=O)c1cc(-c2ccccc2)c(C(F)(F)F)s1. The van der Waals surface area contributed by atoms with E-state index < -0.39 is 16.8 Å². The maximum Gasteiger partial charge on any atom is 0.426 e. The number of nitrogens with one attached hydrogen (secondary N) is 1. The van der Waals surface area contributed by atoms with Gasteiger partial charge in [0.15, 0.2) is 0 Å². The lowest BCUT2D eigenvalue weighted by atomic mass is 10.0. The monoisotopic (exact) mass is 444 g/mol. The first kappa shape index (κ1) is 21.7. The lowest BCUT2D eigenvalue weighted by Gasteiger charge is -2.10. The number of anilines is 1. The van der Waals surface area contributed by atoms with Crippen LogP contribution in [0.4, 0.5) is 18.9 Å². The highest BCUT2D eigenvalue weighted by Crippen LogP contribution is 2.43. The predicted octanol–water partition coefficient (Wildman–Crippen LogP) is 6.83. The molecule has 1 N–H and O–H groups in total. The highest BCUT2D eigenvalue weighted by molar-refractivity contribution is 8.02. The highest BCUT2D eigenvalue weighted by Gasteiger charge is 2.37. The Balaban J connectivity index is 2.06. The topological polar surface area (TPSA) is 52.9 Å². The minimum atomic E-state index is -4.62. The average Bonchev–Trinajstić information content (AvgIpc) is 3.21. The molecule has 0 unspecified atom stereocenters. The van der Waals surface area contributed by atoms with Crippen molar-refractivity contribution < 1.29 is 18.0 Å². The summed E-state index contributed by atoms with van der Waals surface area (Å²) in [6.07, 6.45) is -2.93. The van der Waals surface area contributed by atoms with Gasteiger partial charge in [0.05, 0.1) is 9.91 Å². The second-order valence-electron chi connectivity index (χ2n) is 6.06. The van der Waals surface area contributed by atoms with Gasteiger partial charge in [0.2, 0.25) is 5.78 Å². The Hall–Kier alpha value is -3.02. The van der Waals surface area contributed by atoms with E-state index in [0.29, 0.717) is 22.6 Å². The summed E-state index contributed by atoms with van der Waals surface area (Å²) in [5, 5.41) is 12.9. The van der Waals surface area contributed by atoms with E-state index in [4.69, 9.17) is 0 Å². The van der Waals surface area contributed by atoms with Gasteiger partial charge in [-0.25, -0.2) is 0 Å². The summed E-state index contributed by atoms with van der Waals surface area (Å²) in [5.74, 6) is -0.747. The Labute approximate surface area is 179 Å². The second kappa shape index (κ2) is 9.20. The van der Waals surface area contributed by atoms with Crippen molar-refractivity contribution in [2.24, 2.45) is 0 Å². The fourth-order valence-corrected chi connectivity index (χ4v) is 4.30. The van der Waals surface area contributed by atoms with E-state index in [1.807, 2.05) is 12.1 Å². The molecule has 30 heavy (non-hydrogen) atoms. The van der Waals surface area contributed by atoms with Crippen LogP contribution in [0.5, 0.6) is 0 Å². The Bertz CT molecular complexity index is 1110. The minimum absolute atomic E-state index is 0.0736. The summed E-state index contributed by atoms with van der Waals surface area (Å²) in [6, 6.07) is 20.0. The second-order valence-corrected chi connectivity index (χ2v) is 7.93. The Kier molecular flexibility index (Phi) is 6.65. The van der Waals surface area contributed by atoms with Crippen LogP contribution in [0.25, 0.3) is 11.1 Å². The van der Waals surface area contributed by atoms with Gasteiger partial charge >= 0.3 is 6.18 Å². The summed E-state index contributed by atoms with van der Waals surface area (Å²) in [4.78, 5) is 12.0. The number of hydrogen-bond acceptors (Lipinski definition) is 5. The first-order valence-electron chi connectivity index (χ1n) is 8.66. The van der Waals surface area contributed by atoms with Crippen molar-refractivity contribution in [3.05, 3.63) is 87.1 Å². The summed E-state index contributed by atoms with van der Waals surface area (Å²) >= 11 is 1.49. The molecule has 8 heteroatoms.